The van der Waals surface area contributed by atoms with Gasteiger partial charge >= 0.3 is 5.97 Å². The number of aryl methyl sites for hydroxylation is 1. The highest BCUT2D eigenvalue weighted by Gasteiger charge is 2.10. The highest BCUT2D eigenvalue weighted by molar-refractivity contribution is 5.86. The van der Waals surface area contributed by atoms with Crippen LogP contribution >= 0.6 is 0 Å². The van der Waals surface area contributed by atoms with Gasteiger partial charge in [0.05, 0.1) is 13.7 Å². The van der Waals surface area contributed by atoms with E-state index in [-0.39, 0.29) is 5.56 Å². The smallest absolute Gasteiger partial charge is 0.341 e. The molecule has 0 saturated carbocycles. The molecule has 0 bridgehead atoms. The zero-order chi connectivity index (χ0) is 14.7. The summed E-state index contributed by atoms with van der Waals surface area (Å²) in [4.78, 5) is 22.4. The second kappa shape index (κ2) is 5.61. The van der Waals surface area contributed by atoms with E-state index in [1.54, 1.807) is 17.9 Å². The summed E-state index contributed by atoms with van der Waals surface area (Å²) in [7, 11) is 1.59. The fourth-order valence-electron chi connectivity index (χ4n) is 2.01. The summed E-state index contributed by atoms with van der Waals surface area (Å²) < 4.78 is 6.94. The zero-order valence-electron chi connectivity index (χ0n) is 11.3. The first-order valence-corrected chi connectivity index (χ1v) is 6.08. The monoisotopic (exact) mass is 273 g/mol. The van der Waals surface area contributed by atoms with Gasteiger partial charge in [0.15, 0.2) is 5.43 Å². The van der Waals surface area contributed by atoms with Crippen molar-refractivity contribution in [3.63, 3.8) is 0 Å². The second-order valence-corrected chi connectivity index (χ2v) is 4.52. The Bertz CT molecular complexity index is 703. The number of pyridine rings is 1. The Balaban J connectivity index is 2.40. The predicted molar refractivity (Wildman–Crippen MR) is 74.5 cm³/mol. The van der Waals surface area contributed by atoms with Crippen molar-refractivity contribution in [1.82, 2.24) is 4.57 Å². The average Bonchev–Trinajstić information content (AvgIpc) is 2.41. The van der Waals surface area contributed by atoms with Crippen LogP contribution in [0.1, 0.15) is 21.5 Å². The standard InChI is InChI=1S/C15H15NO4/c1-10-3-4-14(20-2)11(7-10)8-16-6-5-13(17)12(9-16)15(18)19/h3-7,9H,8H2,1-2H3,(H,18,19). The number of methoxy groups -OCH3 is 1. The molecule has 0 fully saturated rings. The van der Waals surface area contributed by atoms with Gasteiger partial charge in [-0.15, -0.1) is 0 Å². The van der Waals surface area contributed by atoms with Crippen molar-refractivity contribution in [2.75, 3.05) is 7.11 Å². The van der Waals surface area contributed by atoms with Crippen molar-refractivity contribution in [2.45, 2.75) is 13.5 Å². The Morgan fingerprint density at radius 3 is 2.75 bits per heavy atom. The molecule has 0 spiro atoms. The number of rotatable bonds is 4. The van der Waals surface area contributed by atoms with E-state index in [0.29, 0.717) is 6.54 Å². The molecule has 2 aromatic rings. The summed E-state index contributed by atoms with van der Waals surface area (Å²) >= 11 is 0. The molecule has 20 heavy (non-hydrogen) atoms. The van der Waals surface area contributed by atoms with Crippen molar-refractivity contribution in [2.24, 2.45) is 0 Å². The summed E-state index contributed by atoms with van der Waals surface area (Å²) in [6, 6.07) is 7.03. The summed E-state index contributed by atoms with van der Waals surface area (Å²) in [5.41, 5.74) is 1.27. The lowest BCUT2D eigenvalue weighted by Gasteiger charge is -2.12. The van der Waals surface area contributed by atoms with E-state index in [0.717, 1.165) is 16.9 Å². The van der Waals surface area contributed by atoms with Crippen LogP contribution in [0, 0.1) is 6.92 Å². The van der Waals surface area contributed by atoms with E-state index < -0.39 is 11.4 Å². The number of nitrogens with zero attached hydrogens (tertiary/aromatic N) is 1. The molecule has 1 aromatic heterocycles. The maximum Gasteiger partial charge on any atom is 0.341 e. The first-order chi connectivity index (χ1) is 9.51. The van der Waals surface area contributed by atoms with Gasteiger partial charge in [-0.1, -0.05) is 17.7 Å². The van der Waals surface area contributed by atoms with Crippen molar-refractivity contribution < 1.29 is 14.6 Å². The van der Waals surface area contributed by atoms with E-state index in [1.165, 1.54) is 12.3 Å². The summed E-state index contributed by atoms with van der Waals surface area (Å²) in [5.74, 6) is -0.494. The van der Waals surface area contributed by atoms with Crippen molar-refractivity contribution in [3.05, 3.63) is 63.6 Å². The molecule has 1 heterocycles. The fraction of sp³-hybridized carbons (Fsp3) is 0.200. The number of carbonyl (C=O) groups is 1. The van der Waals surface area contributed by atoms with Gasteiger partial charge in [0.25, 0.3) is 0 Å². The van der Waals surface area contributed by atoms with Crippen LogP contribution in [-0.4, -0.2) is 22.8 Å². The SMILES string of the molecule is COc1ccc(C)cc1Cn1ccc(=O)c(C(=O)O)c1. The molecule has 0 aliphatic rings. The largest absolute Gasteiger partial charge is 0.496 e. The number of aromatic carboxylic acids is 1. The molecule has 0 atom stereocenters. The minimum absolute atomic E-state index is 0.237. The summed E-state index contributed by atoms with van der Waals surface area (Å²) in [5, 5.41) is 8.96. The molecule has 0 aliphatic heterocycles. The van der Waals surface area contributed by atoms with Gasteiger partial charge in [0, 0.05) is 24.0 Å². The van der Waals surface area contributed by atoms with E-state index in [9.17, 15) is 9.59 Å². The first kappa shape index (κ1) is 13.9. The van der Waals surface area contributed by atoms with Crippen LogP contribution < -0.4 is 10.2 Å². The Labute approximate surface area is 116 Å². The van der Waals surface area contributed by atoms with Gasteiger partial charge in [-0.2, -0.15) is 0 Å². The van der Waals surface area contributed by atoms with Crippen LogP contribution in [0.25, 0.3) is 0 Å². The average molecular weight is 273 g/mol. The highest BCUT2D eigenvalue weighted by atomic mass is 16.5. The van der Waals surface area contributed by atoms with Crippen LogP contribution in [-0.2, 0) is 6.54 Å². The molecular formula is C15H15NO4. The molecule has 5 nitrogen and oxygen atoms in total. The molecule has 0 saturated heterocycles. The van der Waals surface area contributed by atoms with Crippen molar-refractivity contribution >= 4 is 5.97 Å². The molecule has 5 heteroatoms. The molecular weight excluding hydrogens is 258 g/mol. The Kier molecular flexibility index (Phi) is 3.89. The molecule has 2 rings (SSSR count). The molecule has 0 aliphatic carbocycles. The molecule has 1 aromatic carbocycles. The van der Waals surface area contributed by atoms with E-state index >= 15 is 0 Å². The van der Waals surface area contributed by atoms with Gasteiger partial charge in [0.2, 0.25) is 0 Å². The number of hydrogen-bond donors (Lipinski definition) is 1. The maximum atomic E-state index is 11.4. The van der Waals surface area contributed by atoms with E-state index in [1.807, 2.05) is 25.1 Å². The third kappa shape index (κ3) is 2.88. The normalized spacial score (nSPS) is 10.3. The maximum absolute atomic E-state index is 11.4. The topological polar surface area (TPSA) is 68.5 Å². The summed E-state index contributed by atoms with van der Waals surface area (Å²) in [6.45, 7) is 2.41. The van der Waals surface area contributed by atoms with Gasteiger partial charge in [0.1, 0.15) is 11.3 Å². The van der Waals surface area contributed by atoms with Gasteiger partial charge in [-0.05, 0) is 13.0 Å². The van der Waals surface area contributed by atoms with E-state index in [2.05, 4.69) is 0 Å². The van der Waals surface area contributed by atoms with Gasteiger partial charge in [-0.25, -0.2) is 4.79 Å². The van der Waals surface area contributed by atoms with Crippen LogP contribution in [0.4, 0.5) is 0 Å². The fourth-order valence-corrected chi connectivity index (χ4v) is 2.01. The third-order valence-electron chi connectivity index (χ3n) is 3.00. The molecule has 1 N–H and O–H groups in total. The quantitative estimate of drug-likeness (QED) is 0.924. The molecule has 0 unspecified atom stereocenters. The van der Waals surface area contributed by atoms with Crippen LogP contribution in [0.3, 0.4) is 0 Å². The zero-order valence-corrected chi connectivity index (χ0v) is 11.3. The Morgan fingerprint density at radius 1 is 1.35 bits per heavy atom. The Morgan fingerprint density at radius 2 is 2.10 bits per heavy atom. The minimum Gasteiger partial charge on any atom is -0.496 e. The van der Waals surface area contributed by atoms with Gasteiger partial charge < -0.3 is 14.4 Å². The lowest BCUT2D eigenvalue weighted by molar-refractivity contribution is 0.0694. The van der Waals surface area contributed by atoms with Crippen LogP contribution in [0.2, 0.25) is 0 Å². The van der Waals surface area contributed by atoms with E-state index in [4.69, 9.17) is 9.84 Å². The predicted octanol–water partition coefficient (Wildman–Crippen LogP) is 1.91. The lowest BCUT2D eigenvalue weighted by atomic mass is 10.1. The van der Waals surface area contributed by atoms with Crippen LogP contribution in [0.5, 0.6) is 5.75 Å². The Hall–Kier alpha value is -2.56. The molecule has 104 valence electrons. The number of hydrogen-bond acceptors (Lipinski definition) is 3. The number of benzene rings is 1. The molecule has 0 amide bonds. The molecule has 0 radical (unpaired) electrons. The number of ether oxygens (including phenoxy) is 1. The number of carboxylic acids is 1. The first-order valence-electron chi connectivity index (χ1n) is 6.08. The number of carboxylic acid groups (broad SMARTS) is 1. The highest BCUT2D eigenvalue weighted by Crippen LogP contribution is 2.20. The summed E-state index contributed by atoms with van der Waals surface area (Å²) in [6.07, 6.45) is 2.91. The van der Waals surface area contributed by atoms with Crippen molar-refractivity contribution in [3.8, 4) is 5.75 Å². The second-order valence-electron chi connectivity index (χ2n) is 4.52. The van der Waals surface area contributed by atoms with Crippen molar-refractivity contribution in [1.29, 1.82) is 0 Å². The lowest BCUT2D eigenvalue weighted by Crippen LogP contribution is -2.17. The number of aromatic nitrogens is 1. The minimum atomic E-state index is -1.22. The van der Waals surface area contributed by atoms with Gasteiger partial charge in [-0.3, -0.25) is 4.79 Å². The third-order valence-corrected chi connectivity index (χ3v) is 3.00. The van der Waals surface area contributed by atoms with Crippen LogP contribution in [0.15, 0.2) is 41.5 Å².